The SMILES string of the molecule is CCCCCc1ccc2cc(-c3ccc(-c4ccc(OC)cc4)cc3)ccc2c1. The zero-order chi connectivity index (χ0) is 20.1. The van der Waals surface area contributed by atoms with E-state index in [1.54, 1.807) is 7.11 Å². The van der Waals surface area contributed by atoms with Crippen LogP contribution >= 0.6 is 0 Å². The van der Waals surface area contributed by atoms with Gasteiger partial charge in [0, 0.05) is 0 Å². The Balaban J connectivity index is 1.54. The van der Waals surface area contributed by atoms with Gasteiger partial charge in [0.1, 0.15) is 5.75 Å². The highest BCUT2D eigenvalue weighted by Gasteiger charge is 2.04. The molecule has 0 bridgehead atoms. The molecule has 0 unspecified atom stereocenters. The quantitative estimate of drug-likeness (QED) is 0.296. The van der Waals surface area contributed by atoms with Crippen LogP contribution in [0.3, 0.4) is 0 Å². The Morgan fingerprint density at radius 1 is 0.586 bits per heavy atom. The molecule has 0 aromatic heterocycles. The molecular weight excluding hydrogens is 352 g/mol. The van der Waals surface area contributed by atoms with Gasteiger partial charge in [-0.05, 0) is 69.6 Å². The summed E-state index contributed by atoms with van der Waals surface area (Å²) in [5, 5.41) is 2.64. The fourth-order valence-electron chi connectivity index (χ4n) is 3.85. The molecule has 0 saturated heterocycles. The summed E-state index contributed by atoms with van der Waals surface area (Å²) in [6, 6.07) is 30.7. The lowest BCUT2D eigenvalue weighted by Gasteiger charge is -2.08. The average molecular weight is 381 g/mol. The third-order valence-corrected chi connectivity index (χ3v) is 5.62. The molecule has 0 aliphatic rings. The molecule has 0 aliphatic carbocycles. The first kappa shape index (κ1) is 19.3. The molecule has 29 heavy (non-hydrogen) atoms. The molecule has 0 amide bonds. The third-order valence-electron chi connectivity index (χ3n) is 5.62. The molecule has 0 atom stereocenters. The molecule has 146 valence electrons. The smallest absolute Gasteiger partial charge is 0.118 e. The first-order valence-corrected chi connectivity index (χ1v) is 10.5. The van der Waals surface area contributed by atoms with Crippen molar-refractivity contribution in [3.8, 4) is 28.0 Å². The summed E-state index contributed by atoms with van der Waals surface area (Å²) in [6.45, 7) is 2.26. The predicted molar refractivity (Wildman–Crippen MR) is 125 cm³/mol. The van der Waals surface area contributed by atoms with E-state index < -0.39 is 0 Å². The molecule has 1 heteroatoms. The van der Waals surface area contributed by atoms with Crippen LogP contribution in [0, 0.1) is 0 Å². The summed E-state index contributed by atoms with van der Waals surface area (Å²) in [6.07, 6.45) is 5.04. The van der Waals surface area contributed by atoms with Gasteiger partial charge in [-0.3, -0.25) is 0 Å². The minimum atomic E-state index is 0.884. The number of benzene rings is 4. The van der Waals surface area contributed by atoms with Gasteiger partial charge in [-0.1, -0.05) is 86.5 Å². The fourth-order valence-corrected chi connectivity index (χ4v) is 3.85. The van der Waals surface area contributed by atoms with Crippen molar-refractivity contribution < 1.29 is 4.74 Å². The van der Waals surface area contributed by atoms with Crippen LogP contribution in [0.4, 0.5) is 0 Å². The van der Waals surface area contributed by atoms with Crippen LogP contribution in [0.5, 0.6) is 5.75 Å². The molecule has 4 aromatic carbocycles. The number of aryl methyl sites for hydroxylation is 1. The monoisotopic (exact) mass is 380 g/mol. The molecule has 0 heterocycles. The van der Waals surface area contributed by atoms with Gasteiger partial charge in [0.05, 0.1) is 7.11 Å². The Morgan fingerprint density at radius 3 is 1.79 bits per heavy atom. The van der Waals surface area contributed by atoms with Crippen molar-refractivity contribution in [1.29, 1.82) is 0 Å². The molecule has 0 spiro atoms. The Bertz CT molecular complexity index is 1080. The highest BCUT2D eigenvalue weighted by Crippen LogP contribution is 2.29. The van der Waals surface area contributed by atoms with Gasteiger partial charge in [0.2, 0.25) is 0 Å². The van der Waals surface area contributed by atoms with Gasteiger partial charge in [-0.25, -0.2) is 0 Å². The van der Waals surface area contributed by atoms with Gasteiger partial charge in [0.25, 0.3) is 0 Å². The lowest BCUT2D eigenvalue weighted by Crippen LogP contribution is -1.86. The summed E-state index contributed by atoms with van der Waals surface area (Å²) in [5.41, 5.74) is 6.37. The van der Waals surface area contributed by atoms with Crippen molar-refractivity contribution in [1.82, 2.24) is 0 Å². The van der Waals surface area contributed by atoms with Gasteiger partial charge in [-0.2, -0.15) is 0 Å². The minimum absolute atomic E-state index is 0.884. The Morgan fingerprint density at radius 2 is 1.14 bits per heavy atom. The van der Waals surface area contributed by atoms with Crippen molar-refractivity contribution in [2.45, 2.75) is 32.6 Å². The molecule has 4 aromatic rings. The summed E-state index contributed by atoms with van der Waals surface area (Å²) in [5.74, 6) is 0.884. The lowest BCUT2D eigenvalue weighted by atomic mass is 9.97. The zero-order valence-electron chi connectivity index (χ0n) is 17.3. The standard InChI is InChI=1S/C28H28O/c1-3-4-5-6-21-7-8-27-20-26(14-13-25(27)19-21)24-11-9-22(10-12-24)23-15-17-28(29-2)18-16-23/h7-20H,3-6H2,1-2H3. The first-order valence-electron chi connectivity index (χ1n) is 10.5. The topological polar surface area (TPSA) is 9.23 Å². The highest BCUT2D eigenvalue weighted by molar-refractivity contribution is 5.88. The van der Waals surface area contributed by atoms with E-state index in [-0.39, 0.29) is 0 Å². The minimum Gasteiger partial charge on any atom is -0.497 e. The van der Waals surface area contributed by atoms with Crippen LogP contribution in [0.25, 0.3) is 33.0 Å². The van der Waals surface area contributed by atoms with Crippen molar-refractivity contribution >= 4 is 10.8 Å². The second-order valence-corrected chi connectivity index (χ2v) is 7.66. The lowest BCUT2D eigenvalue weighted by molar-refractivity contribution is 0.415. The van der Waals surface area contributed by atoms with Crippen molar-refractivity contribution in [2.75, 3.05) is 7.11 Å². The van der Waals surface area contributed by atoms with Crippen LogP contribution in [-0.4, -0.2) is 7.11 Å². The Hall–Kier alpha value is -3.06. The van der Waals surface area contributed by atoms with E-state index in [0.29, 0.717) is 0 Å². The Labute approximate surface area is 174 Å². The summed E-state index contributed by atoms with van der Waals surface area (Å²) in [7, 11) is 1.70. The van der Waals surface area contributed by atoms with Crippen LogP contribution in [0.1, 0.15) is 31.7 Å². The van der Waals surface area contributed by atoms with E-state index in [0.717, 1.165) is 5.75 Å². The predicted octanol–water partition coefficient (Wildman–Crippen LogP) is 7.92. The molecule has 0 saturated carbocycles. The van der Waals surface area contributed by atoms with Gasteiger partial charge < -0.3 is 4.74 Å². The van der Waals surface area contributed by atoms with E-state index in [1.165, 1.54) is 64.3 Å². The van der Waals surface area contributed by atoms with Gasteiger partial charge >= 0.3 is 0 Å². The second-order valence-electron chi connectivity index (χ2n) is 7.66. The number of methoxy groups -OCH3 is 1. The van der Waals surface area contributed by atoms with Crippen molar-refractivity contribution in [3.63, 3.8) is 0 Å². The van der Waals surface area contributed by atoms with E-state index in [2.05, 4.69) is 79.7 Å². The summed E-state index contributed by atoms with van der Waals surface area (Å²) < 4.78 is 5.25. The molecule has 0 aliphatic heterocycles. The Kier molecular flexibility index (Phi) is 5.95. The van der Waals surface area contributed by atoms with Crippen LogP contribution in [0.2, 0.25) is 0 Å². The average Bonchev–Trinajstić information content (AvgIpc) is 2.79. The van der Waals surface area contributed by atoms with E-state index in [4.69, 9.17) is 4.74 Å². The maximum Gasteiger partial charge on any atom is 0.118 e. The molecule has 0 N–H and O–H groups in total. The van der Waals surface area contributed by atoms with Gasteiger partial charge in [0.15, 0.2) is 0 Å². The van der Waals surface area contributed by atoms with Gasteiger partial charge in [-0.15, -0.1) is 0 Å². The maximum atomic E-state index is 5.25. The van der Waals surface area contributed by atoms with Crippen molar-refractivity contribution in [3.05, 3.63) is 90.5 Å². The van der Waals surface area contributed by atoms with Crippen LogP contribution in [-0.2, 0) is 6.42 Å². The molecule has 4 rings (SSSR count). The summed E-state index contributed by atoms with van der Waals surface area (Å²) in [4.78, 5) is 0. The highest BCUT2D eigenvalue weighted by atomic mass is 16.5. The normalized spacial score (nSPS) is 11.0. The summed E-state index contributed by atoms with van der Waals surface area (Å²) >= 11 is 0. The van der Waals surface area contributed by atoms with E-state index in [1.807, 2.05) is 12.1 Å². The number of ether oxygens (including phenoxy) is 1. The number of hydrogen-bond donors (Lipinski definition) is 0. The number of unbranched alkanes of at least 4 members (excludes halogenated alkanes) is 2. The number of rotatable bonds is 7. The third kappa shape index (κ3) is 4.51. The first-order chi connectivity index (χ1) is 14.3. The second kappa shape index (κ2) is 8.96. The van der Waals surface area contributed by atoms with Crippen LogP contribution < -0.4 is 4.74 Å². The van der Waals surface area contributed by atoms with E-state index in [9.17, 15) is 0 Å². The largest absolute Gasteiger partial charge is 0.497 e. The fraction of sp³-hybridized carbons (Fsp3) is 0.214. The number of fused-ring (bicyclic) bond motifs is 1. The maximum absolute atomic E-state index is 5.25. The zero-order valence-corrected chi connectivity index (χ0v) is 17.3. The molecule has 0 radical (unpaired) electrons. The molecule has 0 fully saturated rings. The van der Waals surface area contributed by atoms with Crippen molar-refractivity contribution in [2.24, 2.45) is 0 Å². The van der Waals surface area contributed by atoms with Crippen LogP contribution in [0.15, 0.2) is 84.9 Å². The molecular formula is C28H28O. The number of hydrogen-bond acceptors (Lipinski definition) is 1. The molecule has 1 nitrogen and oxygen atoms in total. The van der Waals surface area contributed by atoms with E-state index >= 15 is 0 Å².